The van der Waals surface area contributed by atoms with E-state index in [0.29, 0.717) is 17.3 Å². The number of aromatic nitrogens is 2. The van der Waals surface area contributed by atoms with E-state index in [1.807, 2.05) is 24.3 Å². The van der Waals surface area contributed by atoms with Crippen LogP contribution in [0.1, 0.15) is 5.69 Å². The first-order chi connectivity index (χ1) is 7.86. The maximum atomic E-state index is 8.69. The smallest absolute Gasteiger partial charge is 0.231 e. The highest BCUT2D eigenvalue weighted by Crippen LogP contribution is 2.34. The number of hydrogen-bond donors (Lipinski definition) is 1. The van der Waals surface area contributed by atoms with Crippen LogP contribution in [0, 0.1) is 11.3 Å². The van der Waals surface area contributed by atoms with Gasteiger partial charge in [-0.2, -0.15) is 5.26 Å². The van der Waals surface area contributed by atoms with Crippen molar-refractivity contribution < 1.29 is 9.47 Å². The van der Waals surface area contributed by atoms with Gasteiger partial charge in [-0.05, 0) is 18.2 Å². The van der Waals surface area contributed by atoms with Crippen molar-refractivity contribution in [1.29, 1.82) is 5.26 Å². The minimum absolute atomic E-state index is 0.250. The zero-order valence-electron chi connectivity index (χ0n) is 8.23. The normalized spacial score (nSPS) is 12.4. The van der Waals surface area contributed by atoms with Gasteiger partial charge < -0.3 is 14.5 Å². The van der Waals surface area contributed by atoms with Gasteiger partial charge in [-0.3, -0.25) is 0 Å². The molecule has 5 nitrogen and oxygen atoms in total. The predicted molar refractivity (Wildman–Crippen MR) is 54.9 cm³/mol. The molecule has 0 unspecified atom stereocenters. The fourth-order valence-corrected chi connectivity index (χ4v) is 1.57. The van der Waals surface area contributed by atoms with Crippen LogP contribution in [0.15, 0.2) is 24.4 Å². The highest BCUT2D eigenvalue weighted by Gasteiger charge is 2.14. The fourth-order valence-electron chi connectivity index (χ4n) is 1.57. The summed E-state index contributed by atoms with van der Waals surface area (Å²) in [5.41, 5.74) is 1.30. The van der Waals surface area contributed by atoms with Gasteiger partial charge in [-0.15, -0.1) is 0 Å². The lowest BCUT2D eigenvalue weighted by Gasteiger charge is -1.99. The first-order valence-corrected chi connectivity index (χ1v) is 4.72. The number of benzene rings is 1. The summed E-state index contributed by atoms with van der Waals surface area (Å²) in [4.78, 5) is 7.01. The standard InChI is InChI=1S/C11H7N3O2/c12-4-8-5-13-11(14-8)7-1-2-9-10(3-7)16-6-15-9/h1-3,5H,6H2,(H,13,14). The van der Waals surface area contributed by atoms with E-state index < -0.39 is 0 Å². The molecule has 0 atom stereocenters. The Morgan fingerprint density at radius 2 is 2.19 bits per heavy atom. The van der Waals surface area contributed by atoms with Gasteiger partial charge >= 0.3 is 0 Å². The molecular weight excluding hydrogens is 206 g/mol. The van der Waals surface area contributed by atoms with Gasteiger partial charge in [0.1, 0.15) is 17.6 Å². The van der Waals surface area contributed by atoms with Crippen LogP contribution < -0.4 is 9.47 Å². The van der Waals surface area contributed by atoms with Gasteiger partial charge in [0, 0.05) is 5.56 Å². The molecule has 5 heteroatoms. The van der Waals surface area contributed by atoms with E-state index >= 15 is 0 Å². The Hall–Kier alpha value is -2.48. The van der Waals surface area contributed by atoms with E-state index in [4.69, 9.17) is 14.7 Å². The lowest BCUT2D eigenvalue weighted by atomic mass is 10.2. The molecule has 16 heavy (non-hydrogen) atoms. The SMILES string of the molecule is N#Cc1cnc(-c2ccc3c(c2)OCO3)[nH]1. The van der Waals surface area contributed by atoms with Crippen LogP contribution in [0.25, 0.3) is 11.4 Å². The number of H-pyrrole nitrogens is 1. The maximum Gasteiger partial charge on any atom is 0.231 e. The van der Waals surface area contributed by atoms with E-state index in [0.717, 1.165) is 11.3 Å². The van der Waals surface area contributed by atoms with Crippen LogP contribution in [0.3, 0.4) is 0 Å². The van der Waals surface area contributed by atoms with E-state index in [1.165, 1.54) is 6.20 Å². The minimum Gasteiger partial charge on any atom is -0.454 e. The molecule has 1 aliphatic heterocycles. The molecule has 0 aliphatic carbocycles. The van der Waals surface area contributed by atoms with Crippen LogP contribution in [-0.4, -0.2) is 16.8 Å². The summed E-state index contributed by atoms with van der Waals surface area (Å²) in [5, 5.41) is 8.69. The van der Waals surface area contributed by atoms with Crippen LogP contribution in [-0.2, 0) is 0 Å². The highest BCUT2D eigenvalue weighted by atomic mass is 16.7. The molecule has 1 N–H and O–H groups in total. The van der Waals surface area contributed by atoms with Crippen molar-refractivity contribution in [3.8, 4) is 29.0 Å². The number of rotatable bonds is 1. The second-order valence-corrected chi connectivity index (χ2v) is 3.33. The Morgan fingerprint density at radius 1 is 1.31 bits per heavy atom. The average Bonchev–Trinajstić information content (AvgIpc) is 2.96. The molecular formula is C11H7N3O2. The van der Waals surface area contributed by atoms with Gasteiger partial charge in [-0.1, -0.05) is 0 Å². The first-order valence-electron chi connectivity index (χ1n) is 4.72. The van der Waals surface area contributed by atoms with Gasteiger partial charge in [0.15, 0.2) is 11.5 Å². The molecule has 78 valence electrons. The molecule has 0 saturated carbocycles. The number of fused-ring (bicyclic) bond motifs is 1. The molecule has 1 aromatic heterocycles. The lowest BCUT2D eigenvalue weighted by Crippen LogP contribution is -1.92. The van der Waals surface area contributed by atoms with Gasteiger partial charge in [0.05, 0.1) is 6.20 Å². The van der Waals surface area contributed by atoms with Crippen molar-refractivity contribution in [2.75, 3.05) is 6.79 Å². The molecule has 1 aromatic carbocycles. The van der Waals surface area contributed by atoms with Crippen molar-refractivity contribution in [2.24, 2.45) is 0 Å². The topological polar surface area (TPSA) is 70.9 Å². The quantitative estimate of drug-likeness (QED) is 0.782. The molecule has 0 spiro atoms. The van der Waals surface area contributed by atoms with Crippen LogP contribution in [0.4, 0.5) is 0 Å². The predicted octanol–water partition coefficient (Wildman–Crippen LogP) is 1.68. The molecule has 0 saturated heterocycles. The molecule has 0 radical (unpaired) electrons. The molecule has 1 aliphatic rings. The third-order valence-corrected chi connectivity index (χ3v) is 2.34. The van der Waals surface area contributed by atoms with Crippen molar-refractivity contribution in [3.63, 3.8) is 0 Å². The number of ether oxygens (including phenoxy) is 2. The number of nitrogens with one attached hydrogen (secondary N) is 1. The summed E-state index contributed by atoms with van der Waals surface area (Å²) in [6.07, 6.45) is 1.50. The Labute approximate surface area is 91.3 Å². The van der Waals surface area contributed by atoms with Crippen LogP contribution >= 0.6 is 0 Å². The zero-order chi connectivity index (χ0) is 11.0. The summed E-state index contributed by atoms with van der Waals surface area (Å²) in [5.74, 6) is 2.08. The third-order valence-electron chi connectivity index (χ3n) is 2.34. The molecule has 0 fully saturated rings. The van der Waals surface area contributed by atoms with E-state index in [-0.39, 0.29) is 6.79 Å². The lowest BCUT2D eigenvalue weighted by molar-refractivity contribution is 0.174. The molecule has 0 bridgehead atoms. The first kappa shape index (κ1) is 8.80. The summed E-state index contributed by atoms with van der Waals surface area (Å²) in [7, 11) is 0. The molecule has 2 heterocycles. The third kappa shape index (κ3) is 1.28. The number of hydrogen-bond acceptors (Lipinski definition) is 4. The van der Waals surface area contributed by atoms with Crippen LogP contribution in [0.2, 0.25) is 0 Å². The van der Waals surface area contributed by atoms with Crippen molar-refractivity contribution >= 4 is 0 Å². The van der Waals surface area contributed by atoms with E-state index in [9.17, 15) is 0 Å². The fraction of sp³-hybridized carbons (Fsp3) is 0.0909. The van der Waals surface area contributed by atoms with Crippen molar-refractivity contribution in [2.45, 2.75) is 0 Å². The van der Waals surface area contributed by atoms with Gasteiger partial charge in [-0.25, -0.2) is 4.98 Å². The van der Waals surface area contributed by atoms with Gasteiger partial charge in [0.2, 0.25) is 6.79 Å². The summed E-state index contributed by atoms with van der Waals surface area (Å²) < 4.78 is 10.5. The van der Waals surface area contributed by atoms with Crippen molar-refractivity contribution in [3.05, 3.63) is 30.1 Å². The zero-order valence-corrected chi connectivity index (χ0v) is 8.23. The summed E-state index contributed by atoms with van der Waals surface area (Å²) in [6, 6.07) is 7.53. The highest BCUT2D eigenvalue weighted by molar-refractivity contribution is 5.62. The monoisotopic (exact) mass is 213 g/mol. The van der Waals surface area contributed by atoms with Crippen molar-refractivity contribution in [1.82, 2.24) is 9.97 Å². The summed E-state index contributed by atoms with van der Waals surface area (Å²) >= 11 is 0. The molecule has 3 rings (SSSR count). The molecule has 2 aromatic rings. The molecule has 0 amide bonds. The van der Waals surface area contributed by atoms with E-state index in [1.54, 1.807) is 0 Å². The largest absolute Gasteiger partial charge is 0.454 e. The van der Waals surface area contributed by atoms with Crippen LogP contribution in [0.5, 0.6) is 11.5 Å². The van der Waals surface area contributed by atoms with E-state index in [2.05, 4.69) is 9.97 Å². The Kier molecular flexibility index (Phi) is 1.80. The number of nitriles is 1. The Balaban J connectivity index is 2.04. The number of aromatic amines is 1. The summed E-state index contributed by atoms with van der Waals surface area (Å²) in [6.45, 7) is 0.250. The van der Waals surface area contributed by atoms with Gasteiger partial charge in [0.25, 0.3) is 0 Å². The maximum absolute atomic E-state index is 8.69. The second kappa shape index (κ2) is 3.28. The minimum atomic E-state index is 0.250. The Morgan fingerprint density at radius 3 is 3.00 bits per heavy atom. The number of imidazole rings is 1. The second-order valence-electron chi connectivity index (χ2n) is 3.33. The Bertz CT molecular complexity index is 583. The number of nitrogens with zero attached hydrogens (tertiary/aromatic N) is 2. The average molecular weight is 213 g/mol.